The van der Waals surface area contributed by atoms with Crippen LogP contribution in [0.4, 0.5) is 0 Å². The van der Waals surface area contributed by atoms with E-state index in [1.54, 1.807) is 20.5 Å². The molecule has 3 atom stereocenters. The van der Waals surface area contributed by atoms with Crippen molar-refractivity contribution in [2.24, 2.45) is 0 Å². The first-order valence-electron chi connectivity index (χ1n) is 13.5. The van der Waals surface area contributed by atoms with Crippen LogP contribution in [0.3, 0.4) is 0 Å². The summed E-state index contributed by atoms with van der Waals surface area (Å²) in [5, 5.41) is 15.1. The third kappa shape index (κ3) is 6.14. The van der Waals surface area contributed by atoms with E-state index in [2.05, 4.69) is 11.4 Å². The van der Waals surface area contributed by atoms with Crippen molar-refractivity contribution < 1.29 is 19.4 Å². The highest BCUT2D eigenvalue weighted by atomic mass is 35.5. The van der Waals surface area contributed by atoms with Gasteiger partial charge in [0.2, 0.25) is 0 Å². The maximum absolute atomic E-state index is 14.2. The maximum Gasteiger partial charge on any atom is 0.275 e. The molecule has 9 heteroatoms. The Morgan fingerprint density at radius 1 is 1.15 bits per heavy atom. The normalized spacial score (nSPS) is 23.2. The van der Waals surface area contributed by atoms with Crippen molar-refractivity contribution in [1.82, 2.24) is 19.8 Å². The number of ether oxygens (including phenoxy) is 2. The highest BCUT2D eigenvalue weighted by Crippen LogP contribution is 2.41. The molecule has 2 N–H and O–H groups in total. The number of piperazine rings is 1. The molecule has 1 aliphatic carbocycles. The van der Waals surface area contributed by atoms with E-state index in [0.717, 1.165) is 48.4 Å². The van der Waals surface area contributed by atoms with Gasteiger partial charge in [-0.15, -0.1) is 12.4 Å². The van der Waals surface area contributed by atoms with Gasteiger partial charge >= 0.3 is 0 Å². The number of methoxy groups -OCH3 is 2. The second-order valence-corrected chi connectivity index (χ2v) is 10.4. The average Bonchev–Trinajstić information content (AvgIpc) is 3.38. The molecule has 0 bridgehead atoms. The molecular weight excluding hydrogens is 516 g/mol. The van der Waals surface area contributed by atoms with Crippen molar-refractivity contribution in [3.63, 3.8) is 0 Å². The Kier molecular flexibility index (Phi) is 9.67. The molecule has 1 aromatic heterocycles. The maximum atomic E-state index is 14.2. The second kappa shape index (κ2) is 13.0. The number of halogens is 1. The van der Waals surface area contributed by atoms with Gasteiger partial charge in [0, 0.05) is 38.3 Å². The van der Waals surface area contributed by atoms with E-state index in [1.807, 2.05) is 58.0 Å². The third-order valence-electron chi connectivity index (χ3n) is 7.95. The lowest BCUT2D eigenvalue weighted by molar-refractivity contribution is -0.0893. The minimum Gasteiger partial charge on any atom is -0.497 e. The summed E-state index contributed by atoms with van der Waals surface area (Å²) >= 11 is 0. The Balaban J connectivity index is 0.00000353. The molecule has 210 valence electrons. The minimum absolute atomic E-state index is 0. The standard InChI is InChI=1S/C30H38N4O4.ClH/c1-37-20-30(36)14-7-6-13-26(30)34-21-32-27(28(34)23-10-4-3-5-11-23)29(35)33-16-15-31-19-24(33)17-22-9-8-12-25(18-22)38-2;/h3-5,8-12,18,21,24,26,31,36H,6-7,13-17,19-20H2,1-2H3;1H/t24-,26-,30-;/m1./s1. The van der Waals surface area contributed by atoms with E-state index < -0.39 is 5.60 Å². The smallest absolute Gasteiger partial charge is 0.275 e. The number of hydrogen-bond donors (Lipinski definition) is 2. The van der Waals surface area contributed by atoms with Crippen molar-refractivity contribution in [3.8, 4) is 17.0 Å². The first-order chi connectivity index (χ1) is 18.5. The molecule has 1 aliphatic heterocycles. The zero-order valence-electron chi connectivity index (χ0n) is 22.7. The highest BCUT2D eigenvalue weighted by Gasteiger charge is 2.42. The summed E-state index contributed by atoms with van der Waals surface area (Å²) in [6, 6.07) is 17.7. The van der Waals surface area contributed by atoms with Crippen LogP contribution in [-0.4, -0.2) is 77.6 Å². The van der Waals surface area contributed by atoms with Gasteiger partial charge in [-0.2, -0.15) is 0 Å². The Hall–Kier alpha value is -2.91. The van der Waals surface area contributed by atoms with E-state index in [-0.39, 0.29) is 37.0 Å². The fraction of sp³-hybridized carbons (Fsp3) is 0.467. The summed E-state index contributed by atoms with van der Waals surface area (Å²) in [5.41, 5.74) is 2.21. The van der Waals surface area contributed by atoms with Crippen molar-refractivity contribution in [2.45, 2.75) is 49.8 Å². The average molecular weight is 555 g/mol. The Bertz CT molecular complexity index is 1230. The van der Waals surface area contributed by atoms with Gasteiger partial charge in [0.05, 0.1) is 31.8 Å². The lowest BCUT2D eigenvalue weighted by Gasteiger charge is -2.41. The molecule has 1 saturated heterocycles. The number of imidazole rings is 1. The van der Waals surface area contributed by atoms with E-state index in [0.29, 0.717) is 31.6 Å². The van der Waals surface area contributed by atoms with E-state index in [1.165, 1.54) is 0 Å². The summed E-state index contributed by atoms with van der Waals surface area (Å²) in [7, 11) is 3.29. The number of carbonyl (C=O) groups is 1. The van der Waals surface area contributed by atoms with Crippen LogP contribution in [0.1, 0.15) is 47.8 Å². The highest BCUT2D eigenvalue weighted by molar-refractivity contribution is 5.98. The molecule has 8 nitrogen and oxygen atoms in total. The molecule has 2 heterocycles. The number of nitrogens with one attached hydrogen (secondary N) is 1. The zero-order chi connectivity index (χ0) is 26.5. The second-order valence-electron chi connectivity index (χ2n) is 10.4. The van der Waals surface area contributed by atoms with E-state index in [4.69, 9.17) is 14.5 Å². The number of hydrogen-bond acceptors (Lipinski definition) is 6. The van der Waals surface area contributed by atoms with Crippen LogP contribution >= 0.6 is 12.4 Å². The van der Waals surface area contributed by atoms with Gasteiger partial charge < -0.3 is 29.4 Å². The number of aliphatic hydroxyl groups is 1. The summed E-state index contributed by atoms with van der Waals surface area (Å²) in [6.45, 7) is 2.29. The number of nitrogens with zero attached hydrogens (tertiary/aromatic N) is 3. The van der Waals surface area contributed by atoms with Crippen molar-refractivity contribution >= 4 is 18.3 Å². The van der Waals surface area contributed by atoms with Crippen molar-refractivity contribution in [2.75, 3.05) is 40.5 Å². The lowest BCUT2D eigenvalue weighted by Crippen LogP contribution is -2.54. The van der Waals surface area contributed by atoms with Crippen LogP contribution in [0, 0.1) is 0 Å². The minimum atomic E-state index is -1.01. The van der Waals surface area contributed by atoms with Gasteiger partial charge in [-0.1, -0.05) is 55.3 Å². The number of benzene rings is 2. The number of aromatic nitrogens is 2. The van der Waals surface area contributed by atoms with Crippen LogP contribution in [-0.2, 0) is 11.2 Å². The predicted octanol–water partition coefficient (Wildman–Crippen LogP) is 4.13. The summed E-state index contributed by atoms with van der Waals surface area (Å²) in [6.07, 6.45) is 5.87. The first-order valence-corrected chi connectivity index (χ1v) is 13.5. The fourth-order valence-electron chi connectivity index (χ4n) is 6.07. The molecule has 3 aromatic rings. The summed E-state index contributed by atoms with van der Waals surface area (Å²) in [4.78, 5) is 20.9. The molecule has 1 saturated carbocycles. The van der Waals surface area contributed by atoms with Crippen molar-refractivity contribution in [3.05, 3.63) is 72.2 Å². The SMILES string of the molecule is COC[C@]1(O)CCCC[C@H]1n1cnc(C(=O)N2CCNC[C@H]2Cc2cccc(OC)c2)c1-c1ccccc1.Cl. The van der Waals surface area contributed by atoms with Crippen LogP contribution in [0.25, 0.3) is 11.3 Å². The Morgan fingerprint density at radius 2 is 1.97 bits per heavy atom. The van der Waals surface area contributed by atoms with Crippen LogP contribution in [0.2, 0.25) is 0 Å². The molecule has 2 aliphatic rings. The molecule has 0 unspecified atom stereocenters. The lowest BCUT2D eigenvalue weighted by atomic mass is 9.80. The van der Waals surface area contributed by atoms with Crippen LogP contribution in [0.5, 0.6) is 5.75 Å². The quantitative estimate of drug-likeness (QED) is 0.435. The molecule has 2 aromatic carbocycles. The van der Waals surface area contributed by atoms with Gasteiger partial charge in [0.15, 0.2) is 5.69 Å². The predicted molar refractivity (Wildman–Crippen MR) is 154 cm³/mol. The van der Waals surface area contributed by atoms with Crippen LogP contribution in [0.15, 0.2) is 60.9 Å². The monoisotopic (exact) mass is 554 g/mol. The van der Waals surface area contributed by atoms with Gasteiger partial charge in [0.25, 0.3) is 5.91 Å². The summed E-state index contributed by atoms with van der Waals surface area (Å²) in [5.74, 6) is 0.730. The molecule has 0 spiro atoms. The topological polar surface area (TPSA) is 88.8 Å². The van der Waals surface area contributed by atoms with Gasteiger partial charge in [-0.25, -0.2) is 4.98 Å². The number of carbonyl (C=O) groups excluding carboxylic acids is 1. The first kappa shape index (κ1) is 29.1. The summed E-state index contributed by atoms with van der Waals surface area (Å²) < 4.78 is 12.9. The van der Waals surface area contributed by atoms with Gasteiger partial charge in [-0.3, -0.25) is 4.79 Å². The third-order valence-corrected chi connectivity index (χ3v) is 7.95. The van der Waals surface area contributed by atoms with Gasteiger partial charge in [-0.05, 0) is 37.0 Å². The fourth-order valence-corrected chi connectivity index (χ4v) is 6.07. The van der Waals surface area contributed by atoms with E-state index in [9.17, 15) is 9.90 Å². The zero-order valence-corrected chi connectivity index (χ0v) is 23.5. The van der Waals surface area contributed by atoms with Crippen molar-refractivity contribution in [1.29, 1.82) is 0 Å². The Morgan fingerprint density at radius 3 is 2.74 bits per heavy atom. The molecule has 39 heavy (non-hydrogen) atoms. The molecule has 5 rings (SSSR count). The number of amides is 1. The van der Waals surface area contributed by atoms with Gasteiger partial charge in [0.1, 0.15) is 11.4 Å². The van der Waals surface area contributed by atoms with E-state index >= 15 is 0 Å². The molecular formula is C30H39ClN4O4. The van der Waals surface area contributed by atoms with Crippen LogP contribution < -0.4 is 10.1 Å². The largest absolute Gasteiger partial charge is 0.497 e. The molecule has 1 amide bonds. The molecule has 2 fully saturated rings. The number of rotatable bonds is 8. The Labute approximate surface area is 236 Å². The molecule has 0 radical (unpaired) electrons.